The van der Waals surface area contributed by atoms with E-state index in [1.807, 2.05) is 0 Å². The smallest absolute Gasteiger partial charge is 0.0175 e. The first kappa shape index (κ1) is 14.1. The third-order valence-electron chi connectivity index (χ3n) is 4.57. The molecule has 1 nitrogen and oxygen atoms in total. The highest BCUT2D eigenvalue weighted by Gasteiger charge is 2.38. The summed E-state index contributed by atoms with van der Waals surface area (Å²) in [5.41, 5.74) is 1.92. The van der Waals surface area contributed by atoms with Crippen LogP contribution in [0.25, 0.3) is 0 Å². The molecular formula is C16H24BrN. The summed E-state index contributed by atoms with van der Waals surface area (Å²) in [6, 6.07) is 9.35. The topological polar surface area (TPSA) is 12.0 Å². The molecule has 100 valence electrons. The highest BCUT2D eigenvalue weighted by atomic mass is 79.9. The van der Waals surface area contributed by atoms with Gasteiger partial charge in [0.1, 0.15) is 0 Å². The number of hydrogen-bond acceptors (Lipinski definition) is 1. The van der Waals surface area contributed by atoms with Gasteiger partial charge in [0.15, 0.2) is 0 Å². The van der Waals surface area contributed by atoms with Crippen molar-refractivity contribution in [1.82, 2.24) is 5.32 Å². The van der Waals surface area contributed by atoms with Gasteiger partial charge in [-0.3, -0.25) is 0 Å². The second-order valence-corrected chi connectivity index (χ2v) is 7.13. The summed E-state index contributed by atoms with van der Waals surface area (Å²) in [7, 11) is 2.11. The zero-order chi connectivity index (χ0) is 13.2. The number of halogens is 1. The first-order valence-corrected chi connectivity index (χ1v) is 7.74. The average molecular weight is 310 g/mol. The van der Waals surface area contributed by atoms with Crippen LogP contribution in [0.15, 0.2) is 28.7 Å². The second kappa shape index (κ2) is 5.75. The Kier molecular flexibility index (Phi) is 4.50. The van der Waals surface area contributed by atoms with E-state index in [0.717, 1.165) is 16.8 Å². The van der Waals surface area contributed by atoms with Gasteiger partial charge >= 0.3 is 0 Å². The second-order valence-electron chi connectivity index (χ2n) is 6.21. The predicted octanol–water partition coefficient (Wildman–Crippen LogP) is 4.41. The lowest BCUT2D eigenvalue weighted by atomic mass is 9.76. The predicted molar refractivity (Wildman–Crippen MR) is 81.8 cm³/mol. The molecule has 18 heavy (non-hydrogen) atoms. The summed E-state index contributed by atoms with van der Waals surface area (Å²) >= 11 is 3.50. The Balaban J connectivity index is 2.07. The molecule has 1 saturated carbocycles. The molecule has 2 heteroatoms. The Hall–Kier alpha value is -0.340. The number of benzene rings is 1. The summed E-state index contributed by atoms with van der Waals surface area (Å²) in [5, 5.41) is 3.55. The van der Waals surface area contributed by atoms with Crippen LogP contribution >= 0.6 is 15.9 Å². The molecule has 1 aromatic carbocycles. The fraction of sp³-hybridized carbons (Fsp3) is 0.625. The molecule has 0 saturated heterocycles. The van der Waals surface area contributed by atoms with Crippen LogP contribution in [0.1, 0.15) is 38.7 Å². The highest BCUT2D eigenvalue weighted by molar-refractivity contribution is 9.10. The van der Waals surface area contributed by atoms with Crippen LogP contribution < -0.4 is 5.32 Å². The maximum atomic E-state index is 3.55. The Labute approximate surface area is 119 Å². The van der Waals surface area contributed by atoms with Gasteiger partial charge in [0.05, 0.1) is 0 Å². The van der Waals surface area contributed by atoms with Crippen LogP contribution in [0.4, 0.5) is 0 Å². The van der Waals surface area contributed by atoms with E-state index in [4.69, 9.17) is 0 Å². The van der Waals surface area contributed by atoms with Crippen molar-refractivity contribution < 1.29 is 0 Å². The van der Waals surface area contributed by atoms with Crippen molar-refractivity contribution in [1.29, 1.82) is 0 Å². The van der Waals surface area contributed by atoms with E-state index in [-0.39, 0.29) is 0 Å². The van der Waals surface area contributed by atoms with Crippen molar-refractivity contribution in [2.75, 3.05) is 7.05 Å². The number of nitrogens with one attached hydrogen (secondary N) is 1. The molecule has 1 N–H and O–H groups in total. The molecule has 2 atom stereocenters. The molecule has 1 aliphatic carbocycles. The number of rotatable bonds is 4. The highest BCUT2D eigenvalue weighted by Crippen LogP contribution is 2.44. The molecule has 0 aromatic heterocycles. The van der Waals surface area contributed by atoms with E-state index in [9.17, 15) is 0 Å². The lowest BCUT2D eigenvalue weighted by Gasteiger charge is -2.34. The van der Waals surface area contributed by atoms with Gasteiger partial charge in [-0.15, -0.1) is 0 Å². The third kappa shape index (κ3) is 3.16. The SMILES string of the molecule is CNC(Cc1ccc(Br)cc1)C1CCCC1(C)C. The molecule has 0 aliphatic heterocycles. The third-order valence-corrected chi connectivity index (χ3v) is 5.09. The van der Waals surface area contributed by atoms with E-state index >= 15 is 0 Å². The Morgan fingerprint density at radius 3 is 2.50 bits per heavy atom. The fourth-order valence-electron chi connectivity index (χ4n) is 3.42. The fourth-order valence-corrected chi connectivity index (χ4v) is 3.68. The van der Waals surface area contributed by atoms with Crippen molar-refractivity contribution in [3.8, 4) is 0 Å². The number of likely N-dealkylation sites (N-methyl/N-ethyl adjacent to an activating group) is 1. The van der Waals surface area contributed by atoms with Crippen molar-refractivity contribution in [3.63, 3.8) is 0 Å². The molecule has 0 amide bonds. The molecule has 0 spiro atoms. The Morgan fingerprint density at radius 2 is 2.00 bits per heavy atom. The zero-order valence-corrected chi connectivity index (χ0v) is 13.3. The minimum absolute atomic E-state index is 0.489. The lowest BCUT2D eigenvalue weighted by molar-refractivity contribution is 0.201. The van der Waals surface area contributed by atoms with Gasteiger partial charge in [0.2, 0.25) is 0 Å². The minimum Gasteiger partial charge on any atom is -0.316 e. The van der Waals surface area contributed by atoms with E-state index < -0.39 is 0 Å². The first-order chi connectivity index (χ1) is 8.53. The van der Waals surface area contributed by atoms with E-state index in [1.165, 1.54) is 24.8 Å². The molecular weight excluding hydrogens is 286 g/mol. The Morgan fingerprint density at radius 1 is 1.33 bits per heavy atom. The minimum atomic E-state index is 0.489. The van der Waals surface area contributed by atoms with E-state index in [2.05, 4.69) is 66.4 Å². The maximum Gasteiger partial charge on any atom is 0.0175 e. The van der Waals surface area contributed by atoms with Crippen LogP contribution in [0.3, 0.4) is 0 Å². The van der Waals surface area contributed by atoms with Crippen molar-refractivity contribution in [2.24, 2.45) is 11.3 Å². The van der Waals surface area contributed by atoms with Crippen LogP contribution in [0, 0.1) is 11.3 Å². The van der Waals surface area contributed by atoms with Gasteiger partial charge in [-0.05, 0) is 55.3 Å². The Bertz CT molecular complexity index is 383. The molecule has 0 bridgehead atoms. The molecule has 1 aromatic rings. The standard InChI is InChI=1S/C16H24BrN/c1-16(2)10-4-5-14(16)15(18-3)11-12-6-8-13(17)9-7-12/h6-9,14-15,18H,4-5,10-11H2,1-3H3. The molecule has 2 unspecified atom stereocenters. The van der Waals surface area contributed by atoms with Crippen LogP contribution in [-0.2, 0) is 6.42 Å². The molecule has 1 aliphatic rings. The summed E-state index contributed by atoms with van der Waals surface area (Å²) in [6.45, 7) is 4.85. The molecule has 2 rings (SSSR count). The molecule has 0 radical (unpaired) electrons. The molecule has 1 fully saturated rings. The summed E-state index contributed by atoms with van der Waals surface area (Å²) in [5.74, 6) is 0.797. The largest absolute Gasteiger partial charge is 0.316 e. The van der Waals surface area contributed by atoms with Gasteiger partial charge < -0.3 is 5.32 Å². The lowest BCUT2D eigenvalue weighted by Crippen LogP contribution is -2.40. The monoisotopic (exact) mass is 309 g/mol. The van der Waals surface area contributed by atoms with Crippen LogP contribution in [0.5, 0.6) is 0 Å². The van der Waals surface area contributed by atoms with E-state index in [0.29, 0.717) is 11.5 Å². The summed E-state index contributed by atoms with van der Waals surface area (Å²) in [6.07, 6.45) is 5.26. The quantitative estimate of drug-likeness (QED) is 0.869. The zero-order valence-electron chi connectivity index (χ0n) is 11.7. The summed E-state index contributed by atoms with van der Waals surface area (Å²) < 4.78 is 1.16. The van der Waals surface area contributed by atoms with Gasteiger partial charge in [-0.1, -0.05) is 48.3 Å². The molecule has 0 heterocycles. The van der Waals surface area contributed by atoms with Crippen molar-refractivity contribution in [2.45, 2.75) is 45.6 Å². The van der Waals surface area contributed by atoms with E-state index in [1.54, 1.807) is 0 Å². The van der Waals surface area contributed by atoms with Crippen LogP contribution in [0.2, 0.25) is 0 Å². The first-order valence-electron chi connectivity index (χ1n) is 6.94. The van der Waals surface area contributed by atoms with Gasteiger partial charge in [-0.25, -0.2) is 0 Å². The summed E-state index contributed by atoms with van der Waals surface area (Å²) in [4.78, 5) is 0. The maximum absolute atomic E-state index is 3.55. The number of hydrogen-bond donors (Lipinski definition) is 1. The normalized spacial score (nSPS) is 24.1. The van der Waals surface area contributed by atoms with Crippen LogP contribution in [-0.4, -0.2) is 13.1 Å². The van der Waals surface area contributed by atoms with Crippen molar-refractivity contribution in [3.05, 3.63) is 34.3 Å². The van der Waals surface area contributed by atoms with Crippen molar-refractivity contribution >= 4 is 15.9 Å². The average Bonchev–Trinajstić information content (AvgIpc) is 2.68. The van der Waals surface area contributed by atoms with Gasteiger partial charge in [-0.2, -0.15) is 0 Å². The van der Waals surface area contributed by atoms with Gasteiger partial charge in [0, 0.05) is 10.5 Å². The van der Waals surface area contributed by atoms with Gasteiger partial charge in [0.25, 0.3) is 0 Å².